The molecular weight excluding hydrogens is 492 g/mol. The van der Waals surface area contributed by atoms with Crippen LogP contribution in [-0.2, 0) is 12.6 Å². The van der Waals surface area contributed by atoms with Gasteiger partial charge in [-0.3, -0.25) is 10.2 Å². The fraction of sp³-hybridized carbons (Fsp3) is 0.269. The van der Waals surface area contributed by atoms with E-state index in [2.05, 4.69) is 10.7 Å². The highest BCUT2D eigenvalue weighted by molar-refractivity contribution is 5.95. The van der Waals surface area contributed by atoms with Crippen molar-refractivity contribution in [2.75, 3.05) is 6.54 Å². The molecule has 11 heteroatoms. The normalized spacial score (nSPS) is 12.1. The van der Waals surface area contributed by atoms with Gasteiger partial charge < -0.3 is 10.5 Å². The molecule has 0 spiro atoms. The smallest absolute Gasteiger partial charge is 0.422 e. The maximum atomic E-state index is 15.0. The molecule has 1 atom stereocenters. The Morgan fingerprint density at radius 3 is 2.41 bits per heavy atom. The minimum atomic E-state index is -4.84. The fourth-order valence-corrected chi connectivity index (χ4v) is 3.79. The van der Waals surface area contributed by atoms with Crippen molar-refractivity contribution in [1.82, 2.24) is 15.8 Å². The molecule has 0 bridgehead atoms. The number of rotatable bonds is 6. The molecule has 2 aromatic carbocycles. The Bertz CT molecular complexity index is 1300. The van der Waals surface area contributed by atoms with Crippen molar-refractivity contribution >= 4 is 11.9 Å². The van der Waals surface area contributed by atoms with Gasteiger partial charge in [0.15, 0.2) is 12.4 Å². The number of halogens is 4. The molecule has 0 saturated carbocycles. The van der Waals surface area contributed by atoms with Crippen LogP contribution in [-0.4, -0.2) is 23.5 Å². The largest absolute Gasteiger partial charge is 0.619 e. The summed E-state index contributed by atoms with van der Waals surface area (Å²) in [5.74, 6) is -1.63. The first-order valence-electron chi connectivity index (χ1n) is 11.5. The van der Waals surface area contributed by atoms with Gasteiger partial charge in [-0.05, 0) is 49.1 Å². The molecule has 0 aliphatic rings. The van der Waals surface area contributed by atoms with E-state index in [1.165, 1.54) is 13.0 Å². The molecule has 0 radical (unpaired) electrons. The van der Waals surface area contributed by atoms with E-state index in [1.54, 1.807) is 19.1 Å². The number of hydrogen-bond donors (Lipinski definition) is 2. The van der Waals surface area contributed by atoms with Crippen LogP contribution in [0.4, 0.5) is 22.4 Å². The van der Waals surface area contributed by atoms with Crippen molar-refractivity contribution in [1.29, 1.82) is 0 Å². The first-order chi connectivity index (χ1) is 17.4. The van der Waals surface area contributed by atoms with Gasteiger partial charge in [0.2, 0.25) is 0 Å². The lowest BCUT2D eigenvalue weighted by Gasteiger charge is -2.25. The number of amides is 3. The van der Waals surface area contributed by atoms with Crippen LogP contribution >= 0.6 is 0 Å². The average Bonchev–Trinajstić information content (AvgIpc) is 2.85. The predicted molar refractivity (Wildman–Crippen MR) is 128 cm³/mol. The Morgan fingerprint density at radius 1 is 1.08 bits per heavy atom. The van der Waals surface area contributed by atoms with Gasteiger partial charge in [-0.25, -0.2) is 14.2 Å². The lowest BCUT2D eigenvalue weighted by atomic mass is 9.96. The second-order valence-corrected chi connectivity index (χ2v) is 8.27. The first kappa shape index (κ1) is 27.4. The van der Waals surface area contributed by atoms with E-state index in [4.69, 9.17) is 0 Å². The van der Waals surface area contributed by atoms with Crippen LogP contribution in [0, 0.1) is 11.0 Å². The molecule has 3 aromatic rings. The summed E-state index contributed by atoms with van der Waals surface area (Å²) in [6.45, 7) is 5.02. The quantitative estimate of drug-likeness (QED) is 0.205. The third kappa shape index (κ3) is 6.54. The number of nitrogens with one attached hydrogen (secondary N) is 2. The van der Waals surface area contributed by atoms with E-state index in [-0.39, 0.29) is 16.8 Å². The molecule has 37 heavy (non-hydrogen) atoms. The molecule has 196 valence electrons. The number of carbonyl (C=O) groups is 2. The molecule has 1 heterocycles. The summed E-state index contributed by atoms with van der Waals surface area (Å²) in [4.78, 5) is 25.2. The van der Waals surface area contributed by atoms with Gasteiger partial charge in [-0.2, -0.15) is 17.9 Å². The summed E-state index contributed by atoms with van der Waals surface area (Å²) in [6, 6.07) is 11.2. The van der Waals surface area contributed by atoms with Crippen LogP contribution < -0.4 is 15.5 Å². The number of alkyl halides is 3. The number of pyridine rings is 1. The Labute approximate surface area is 211 Å². The van der Waals surface area contributed by atoms with Crippen LogP contribution in [0.5, 0.6) is 0 Å². The minimum absolute atomic E-state index is 0.0597. The Balaban J connectivity index is 1.73. The van der Waals surface area contributed by atoms with E-state index in [1.807, 2.05) is 31.2 Å². The number of aryl methyl sites for hydroxylation is 1. The number of carbonyl (C=O) groups excluding carboxylic acids is 2. The molecular formula is C26H26F4N4O3. The van der Waals surface area contributed by atoms with E-state index in [0.717, 1.165) is 22.6 Å². The first-order valence-corrected chi connectivity index (χ1v) is 11.5. The van der Waals surface area contributed by atoms with E-state index < -0.39 is 41.1 Å². The SMILES string of the molecule is CCc1ccccc1-c1ccc([C@@H](C)NC(=O)N(CC)NC(=O)c2cc(C(F)(F)F)c[n+]([O-])c2)c(F)c1. The van der Waals surface area contributed by atoms with Crippen molar-refractivity contribution in [2.24, 2.45) is 0 Å². The summed E-state index contributed by atoms with van der Waals surface area (Å²) in [7, 11) is 0. The van der Waals surface area contributed by atoms with Crippen molar-refractivity contribution < 1.29 is 31.9 Å². The van der Waals surface area contributed by atoms with E-state index >= 15 is 4.39 Å². The number of benzene rings is 2. The second kappa shape index (κ2) is 11.3. The van der Waals surface area contributed by atoms with Gasteiger partial charge in [-0.1, -0.05) is 43.3 Å². The monoisotopic (exact) mass is 518 g/mol. The molecule has 0 aliphatic heterocycles. The third-order valence-electron chi connectivity index (χ3n) is 5.75. The minimum Gasteiger partial charge on any atom is -0.619 e. The number of hydrazine groups is 1. The van der Waals surface area contributed by atoms with Crippen LogP contribution in [0.3, 0.4) is 0 Å². The van der Waals surface area contributed by atoms with Crippen molar-refractivity contribution in [2.45, 2.75) is 39.4 Å². The zero-order valence-electron chi connectivity index (χ0n) is 20.4. The molecule has 3 amide bonds. The maximum Gasteiger partial charge on any atom is 0.422 e. The highest BCUT2D eigenvalue weighted by Crippen LogP contribution is 2.29. The molecule has 0 saturated heterocycles. The number of aromatic nitrogens is 1. The molecule has 0 aliphatic carbocycles. The topological polar surface area (TPSA) is 88.4 Å². The summed E-state index contributed by atoms with van der Waals surface area (Å²) < 4.78 is 53.8. The van der Waals surface area contributed by atoms with Gasteiger partial charge >= 0.3 is 12.2 Å². The molecule has 0 unspecified atom stereocenters. The van der Waals surface area contributed by atoms with Crippen LogP contribution in [0.15, 0.2) is 60.9 Å². The fourth-order valence-electron chi connectivity index (χ4n) is 3.79. The van der Waals surface area contributed by atoms with Gasteiger partial charge in [0.25, 0.3) is 5.91 Å². The average molecular weight is 519 g/mol. The highest BCUT2D eigenvalue weighted by Gasteiger charge is 2.34. The maximum absolute atomic E-state index is 15.0. The summed E-state index contributed by atoms with van der Waals surface area (Å²) in [6.07, 6.45) is -3.10. The zero-order chi connectivity index (χ0) is 27.3. The standard InChI is InChI=1S/C26H26F4N4O3/c1-4-17-8-6-7-9-22(17)18-10-11-21(23(27)13-18)16(3)31-25(36)34(5-2)32-24(35)19-12-20(26(28,29)30)15-33(37)14-19/h6-16H,4-5H2,1-3H3,(H,31,36)(H,32,35)/t16-/m1/s1. The van der Waals surface area contributed by atoms with Gasteiger partial charge in [0, 0.05) is 12.1 Å². The highest BCUT2D eigenvalue weighted by atomic mass is 19.4. The van der Waals surface area contributed by atoms with Crippen LogP contribution in [0.1, 0.15) is 53.9 Å². The van der Waals surface area contributed by atoms with E-state index in [9.17, 15) is 28.0 Å². The molecule has 1 aromatic heterocycles. The van der Waals surface area contributed by atoms with Gasteiger partial charge in [0.05, 0.1) is 6.04 Å². The lowest BCUT2D eigenvalue weighted by molar-refractivity contribution is -0.606. The van der Waals surface area contributed by atoms with Crippen LogP contribution in [0.25, 0.3) is 11.1 Å². The number of hydrogen-bond acceptors (Lipinski definition) is 3. The zero-order valence-corrected chi connectivity index (χ0v) is 20.4. The van der Waals surface area contributed by atoms with E-state index in [0.29, 0.717) is 24.0 Å². The number of urea groups is 1. The number of nitrogens with zero attached hydrogens (tertiary/aromatic N) is 2. The predicted octanol–water partition coefficient (Wildman–Crippen LogP) is 5.14. The molecule has 2 N–H and O–H groups in total. The molecule has 0 fully saturated rings. The summed E-state index contributed by atoms with van der Waals surface area (Å²) in [5, 5.41) is 14.9. The summed E-state index contributed by atoms with van der Waals surface area (Å²) in [5.41, 5.74) is 3.14. The van der Waals surface area contributed by atoms with Crippen molar-refractivity contribution in [3.8, 4) is 11.1 Å². The van der Waals surface area contributed by atoms with Crippen molar-refractivity contribution in [3.05, 3.63) is 94.2 Å². The third-order valence-corrected chi connectivity index (χ3v) is 5.75. The summed E-state index contributed by atoms with van der Waals surface area (Å²) >= 11 is 0. The Morgan fingerprint density at radius 2 is 1.78 bits per heavy atom. The Kier molecular flexibility index (Phi) is 8.36. The van der Waals surface area contributed by atoms with Gasteiger partial charge in [0.1, 0.15) is 16.9 Å². The second-order valence-electron chi connectivity index (χ2n) is 8.27. The lowest BCUT2D eigenvalue weighted by Crippen LogP contribution is -2.51. The Hall–Kier alpha value is -4.15. The van der Waals surface area contributed by atoms with Crippen molar-refractivity contribution in [3.63, 3.8) is 0 Å². The molecule has 3 rings (SSSR count). The van der Waals surface area contributed by atoms with Gasteiger partial charge in [-0.15, -0.1) is 0 Å². The van der Waals surface area contributed by atoms with Crippen LogP contribution in [0.2, 0.25) is 0 Å². The molecule has 7 nitrogen and oxygen atoms in total.